The minimum atomic E-state index is -0.244. The third-order valence-corrected chi connectivity index (χ3v) is 3.51. The van der Waals surface area contributed by atoms with E-state index in [1.165, 1.54) is 0 Å². The van der Waals surface area contributed by atoms with Crippen LogP contribution >= 0.6 is 0 Å². The Hall–Kier alpha value is -2.43. The SMILES string of the molecule is CCc1ccnc(C(=O)NCc2[nH]cc(C)c(=O)c2C)c1. The average Bonchev–Trinajstić information content (AvgIpc) is 2.51. The number of amides is 1. The number of nitrogens with one attached hydrogen (secondary N) is 2. The number of hydrogen-bond donors (Lipinski definition) is 2. The highest BCUT2D eigenvalue weighted by molar-refractivity contribution is 5.92. The number of hydrogen-bond acceptors (Lipinski definition) is 3. The van der Waals surface area contributed by atoms with Crippen LogP contribution in [0.15, 0.2) is 29.3 Å². The number of rotatable bonds is 4. The number of carbonyl (C=O) groups is 1. The van der Waals surface area contributed by atoms with Gasteiger partial charge in [0.1, 0.15) is 5.69 Å². The molecule has 0 bridgehead atoms. The largest absolute Gasteiger partial charge is 0.363 e. The molecule has 5 heteroatoms. The average molecular weight is 285 g/mol. The fourth-order valence-corrected chi connectivity index (χ4v) is 2.06. The van der Waals surface area contributed by atoms with Crippen molar-refractivity contribution in [3.63, 3.8) is 0 Å². The molecule has 0 spiro atoms. The summed E-state index contributed by atoms with van der Waals surface area (Å²) < 4.78 is 0. The summed E-state index contributed by atoms with van der Waals surface area (Å²) in [6, 6.07) is 3.67. The van der Waals surface area contributed by atoms with Crippen LogP contribution in [0, 0.1) is 13.8 Å². The van der Waals surface area contributed by atoms with E-state index in [-0.39, 0.29) is 17.9 Å². The van der Waals surface area contributed by atoms with Crippen molar-refractivity contribution >= 4 is 5.91 Å². The summed E-state index contributed by atoms with van der Waals surface area (Å²) in [7, 11) is 0. The van der Waals surface area contributed by atoms with E-state index < -0.39 is 0 Å². The molecule has 5 nitrogen and oxygen atoms in total. The normalized spacial score (nSPS) is 10.4. The van der Waals surface area contributed by atoms with E-state index in [0.717, 1.165) is 12.0 Å². The highest BCUT2D eigenvalue weighted by Gasteiger charge is 2.10. The maximum Gasteiger partial charge on any atom is 0.270 e. The van der Waals surface area contributed by atoms with Crippen LogP contribution in [0.1, 0.15) is 39.8 Å². The van der Waals surface area contributed by atoms with Gasteiger partial charge in [0.15, 0.2) is 5.43 Å². The van der Waals surface area contributed by atoms with Crippen molar-refractivity contribution < 1.29 is 4.79 Å². The lowest BCUT2D eigenvalue weighted by Crippen LogP contribution is -2.26. The van der Waals surface area contributed by atoms with Crippen LogP contribution < -0.4 is 10.7 Å². The maximum atomic E-state index is 12.1. The van der Waals surface area contributed by atoms with Gasteiger partial charge in [0.25, 0.3) is 5.91 Å². The smallest absolute Gasteiger partial charge is 0.270 e. The molecule has 0 aliphatic heterocycles. The van der Waals surface area contributed by atoms with Crippen molar-refractivity contribution in [2.24, 2.45) is 0 Å². The summed E-state index contributed by atoms with van der Waals surface area (Å²) in [5.41, 5.74) is 3.47. The van der Waals surface area contributed by atoms with E-state index in [4.69, 9.17) is 0 Å². The molecule has 21 heavy (non-hydrogen) atoms. The van der Waals surface area contributed by atoms with E-state index in [1.54, 1.807) is 32.3 Å². The first-order chi connectivity index (χ1) is 10.0. The maximum absolute atomic E-state index is 12.1. The predicted octanol–water partition coefficient (Wildman–Crippen LogP) is 1.88. The predicted molar refractivity (Wildman–Crippen MR) is 81.3 cm³/mol. The Morgan fingerprint density at radius 1 is 1.38 bits per heavy atom. The summed E-state index contributed by atoms with van der Waals surface area (Å²) in [6.45, 7) is 5.81. The highest BCUT2D eigenvalue weighted by Crippen LogP contribution is 2.04. The van der Waals surface area contributed by atoms with Crippen LogP contribution in [0.2, 0.25) is 0 Å². The number of carbonyl (C=O) groups excluding carboxylic acids is 1. The number of H-pyrrole nitrogens is 1. The van der Waals surface area contributed by atoms with E-state index in [1.807, 2.05) is 13.0 Å². The lowest BCUT2D eigenvalue weighted by Gasteiger charge is -2.08. The van der Waals surface area contributed by atoms with Gasteiger partial charge in [0.05, 0.1) is 6.54 Å². The first-order valence-corrected chi connectivity index (χ1v) is 6.93. The molecule has 0 unspecified atom stereocenters. The molecule has 0 atom stereocenters. The molecule has 0 aliphatic rings. The molecule has 110 valence electrons. The molecule has 0 fully saturated rings. The van der Waals surface area contributed by atoms with Gasteiger partial charge in [-0.3, -0.25) is 14.6 Å². The summed E-state index contributed by atoms with van der Waals surface area (Å²) in [5, 5.41) is 2.78. The Bertz CT molecular complexity index is 720. The molecule has 2 N–H and O–H groups in total. The number of aromatic nitrogens is 2. The van der Waals surface area contributed by atoms with Crippen molar-refractivity contribution in [1.82, 2.24) is 15.3 Å². The molecule has 0 saturated heterocycles. The number of aryl methyl sites for hydroxylation is 2. The molecular weight excluding hydrogens is 266 g/mol. The zero-order valence-corrected chi connectivity index (χ0v) is 12.5. The lowest BCUT2D eigenvalue weighted by atomic mass is 10.1. The van der Waals surface area contributed by atoms with Gasteiger partial charge in [-0.2, -0.15) is 0 Å². The van der Waals surface area contributed by atoms with Crippen LogP contribution in [-0.4, -0.2) is 15.9 Å². The van der Waals surface area contributed by atoms with Crippen molar-refractivity contribution in [3.05, 3.63) is 62.8 Å². The quantitative estimate of drug-likeness (QED) is 0.900. The van der Waals surface area contributed by atoms with Crippen LogP contribution in [0.4, 0.5) is 0 Å². The van der Waals surface area contributed by atoms with Gasteiger partial charge in [-0.15, -0.1) is 0 Å². The van der Waals surface area contributed by atoms with Gasteiger partial charge in [-0.1, -0.05) is 6.92 Å². The van der Waals surface area contributed by atoms with Crippen LogP contribution in [0.3, 0.4) is 0 Å². The molecule has 1 amide bonds. The Labute approximate surface area is 123 Å². The Morgan fingerprint density at radius 2 is 2.14 bits per heavy atom. The second-order valence-electron chi connectivity index (χ2n) is 4.99. The molecule has 0 aromatic carbocycles. The Kier molecular flexibility index (Phi) is 4.52. The van der Waals surface area contributed by atoms with Crippen LogP contribution in [0.5, 0.6) is 0 Å². The van der Waals surface area contributed by atoms with Gasteiger partial charge in [0.2, 0.25) is 0 Å². The fraction of sp³-hybridized carbons (Fsp3) is 0.312. The summed E-state index contributed by atoms with van der Waals surface area (Å²) >= 11 is 0. The fourth-order valence-electron chi connectivity index (χ4n) is 2.06. The monoisotopic (exact) mass is 285 g/mol. The molecule has 2 heterocycles. The molecular formula is C16H19N3O2. The number of nitrogens with zero attached hydrogens (tertiary/aromatic N) is 1. The van der Waals surface area contributed by atoms with Gasteiger partial charge < -0.3 is 10.3 Å². The van der Waals surface area contributed by atoms with Gasteiger partial charge in [-0.05, 0) is 38.0 Å². The summed E-state index contributed by atoms with van der Waals surface area (Å²) in [5.74, 6) is -0.244. The zero-order valence-electron chi connectivity index (χ0n) is 12.5. The topological polar surface area (TPSA) is 74.8 Å². The first kappa shape index (κ1) is 15.0. The zero-order chi connectivity index (χ0) is 15.4. The van der Waals surface area contributed by atoms with Crippen molar-refractivity contribution in [3.8, 4) is 0 Å². The van der Waals surface area contributed by atoms with E-state index in [0.29, 0.717) is 22.5 Å². The highest BCUT2D eigenvalue weighted by atomic mass is 16.1. The standard InChI is InChI=1S/C16H19N3O2/c1-4-12-5-6-17-13(7-12)16(21)19-9-14-11(3)15(20)10(2)8-18-14/h5-8H,4,9H2,1-3H3,(H,18,20)(H,19,21). The molecule has 0 radical (unpaired) electrons. The van der Waals surface area contributed by atoms with Gasteiger partial charge in [-0.25, -0.2) is 0 Å². The molecule has 2 aromatic rings. The second-order valence-corrected chi connectivity index (χ2v) is 4.99. The van der Waals surface area contributed by atoms with Gasteiger partial charge in [0, 0.05) is 29.2 Å². The molecule has 2 aromatic heterocycles. The first-order valence-electron chi connectivity index (χ1n) is 6.93. The third-order valence-electron chi connectivity index (χ3n) is 3.51. The summed E-state index contributed by atoms with van der Waals surface area (Å²) in [4.78, 5) is 31.0. The Morgan fingerprint density at radius 3 is 2.86 bits per heavy atom. The van der Waals surface area contributed by atoms with Gasteiger partial charge >= 0.3 is 0 Å². The van der Waals surface area contributed by atoms with Crippen LogP contribution in [-0.2, 0) is 13.0 Å². The Balaban J connectivity index is 2.11. The van der Waals surface area contributed by atoms with E-state index in [9.17, 15) is 9.59 Å². The van der Waals surface area contributed by atoms with E-state index in [2.05, 4.69) is 15.3 Å². The number of aromatic amines is 1. The summed E-state index contributed by atoms with van der Waals surface area (Å²) in [6.07, 6.45) is 4.15. The molecule has 0 aliphatic carbocycles. The second kappa shape index (κ2) is 6.35. The minimum absolute atomic E-state index is 0.00380. The van der Waals surface area contributed by atoms with Crippen molar-refractivity contribution in [2.75, 3.05) is 0 Å². The minimum Gasteiger partial charge on any atom is -0.363 e. The van der Waals surface area contributed by atoms with Crippen molar-refractivity contribution in [1.29, 1.82) is 0 Å². The lowest BCUT2D eigenvalue weighted by molar-refractivity contribution is 0.0945. The third kappa shape index (κ3) is 3.37. The van der Waals surface area contributed by atoms with Crippen molar-refractivity contribution in [2.45, 2.75) is 33.7 Å². The van der Waals surface area contributed by atoms with Crippen LogP contribution in [0.25, 0.3) is 0 Å². The number of pyridine rings is 2. The molecule has 2 rings (SSSR count). The molecule has 0 saturated carbocycles. The van der Waals surface area contributed by atoms with E-state index >= 15 is 0 Å².